The molecule has 23 heavy (non-hydrogen) atoms. The van der Waals surface area contributed by atoms with Crippen molar-refractivity contribution in [3.63, 3.8) is 0 Å². The third kappa shape index (κ3) is 3.85. The van der Waals surface area contributed by atoms with Crippen molar-refractivity contribution in [3.8, 4) is 11.5 Å². The van der Waals surface area contributed by atoms with Gasteiger partial charge in [-0.15, -0.1) is 0 Å². The number of hydrogen-bond acceptors (Lipinski definition) is 7. The van der Waals surface area contributed by atoms with Crippen LogP contribution < -0.4 is 14.6 Å². The number of aliphatic carboxylic acids is 1. The van der Waals surface area contributed by atoms with Gasteiger partial charge in [0.05, 0.1) is 22.5 Å². The highest BCUT2D eigenvalue weighted by Gasteiger charge is 2.31. The van der Waals surface area contributed by atoms with Crippen LogP contribution in [-0.2, 0) is 9.59 Å². The Kier molecular flexibility index (Phi) is 5.32. The largest absolute Gasteiger partial charge is 0.546 e. The first-order valence-corrected chi connectivity index (χ1v) is 7.86. The molecule has 2 amide bonds. The molecule has 0 N–H and O–H groups in total. The number of thioether (sulfide) groups is 1. The molecule has 0 aliphatic carbocycles. The molecule has 1 aromatic rings. The van der Waals surface area contributed by atoms with Crippen molar-refractivity contribution in [2.45, 2.75) is 0 Å². The molecule has 0 atom stereocenters. The Bertz CT molecular complexity index is 717. The minimum Gasteiger partial charge on any atom is -0.546 e. The van der Waals surface area contributed by atoms with E-state index in [0.29, 0.717) is 10.0 Å². The monoisotopic (exact) mass is 400 g/mol. The topological polar surface area (TPSA) is 96.0 Å². The number of rotatable bonds is 5. The van der Waals surface area contributed by atoms with Gasteiger partial charge >= 0.3 is 0 Å². The molecule has 9 heteroatoms. The fourth-order valence-electron chi connectivity index (χ4n) is 1.79. The standard InChI is InChI=1S/C14H12BrNO6S/c1-16-13(19)10(23-14(16)20)5-7-3-8(15)12(9(4-7)21-2)22-6-11(17)18/h3-5H,6H2,1-2H3,(H,17,18)/p-1/b10-5-. The smallest absolute Gasteiger partial charge is 0.293 e. The van der Waals surface area contributed by atoms with Gasteiger partial charge in [0.15, 0.2) is 11.5 Å². The zero-order valence-electron chi connectivity index (χ0n) is 12.1. The van der Waals surface area contributed by atoms with Gasteiger partial charge < -0.3 is 19.4 Å². The van der Waals surface area contributed by atoms with E-state index in [9.17, 15) is 19.5 Å². The van der Waals surface area contributed by atoms with Crippen molar-refractivity contribution in [2.24, 2.45) is 0 Å². The molecular formula is C14H11BrNO6S-. The molecule has 1 fully saturated rings. The lowest BCUT2D eigenvalue weighted by molar-refractivity contribution is -0.307. The summed E-state index contributed by atoms with van der Waals surface area (Å²) >= 11 is 4.10. The van der Waals surface area contributed by atoms with E-state index >= 15 is 0 Å². The van der Waals surface area contributed by atoms with E-state index < -0.39 is 12.6 Å². The maximum absolute atomic E-state index is 11.9. The third-order valence-electron chi connectivity index (χ3n) is 2.87. The molecule has 1 aromatic carbocycles. The Morgan fingerprint density at radius 3 is 2.65 bits per heavy atom. The number of carboxylic acid groups (broad SMARTS) is 1. The van der Waals surface area contributed by atoms with Crippen molar-refractivity contribution in [3.05, 3.63) is 27.1 Å². The molecule has 7 nitrogen and oxygen atoms in total. The molecule has 0 aromatic heterocycles. The number of hydrogen-bond donors (Lipinski definition) is 0. The predicted molar refractivity (Wildman–Crippen MR) is 84.9 cm³/mol. The lowest BCUT2D eigenvalue weighted by atomic mass is 10.2. The molecular weight excluding hydrogens is 390 g/mol. The summed E-state index contributed by atoms with van der Waals surface area (Å²) in [4.78, 5) is 35.2. The molecule has 2 rings (SSSR count). The SMILES string of the molecule is COc1cc(/C=C2\SC(=O)N(C)C2=O)cc(Br)c1OCC(=O)[O-]. The number of carbonyl (C=O) groups excluding carboxylic acids is 3. The summed E-state index contributed by atoms with van der Waals surface area (Å²) in [5.41, 5.74) is 0.591. The number of amides is 2. The number of methoxy groups -OCH3 is 1. The average Bonchev–Trinajstić information content (AvgIpc) is 2.72. The lowest BCUT2D eigenvalue weighted by Crippen LogP contribution is -2.29. The molecule has 0 bridgehead atoms. The van der Waals surface area contributed by atoms with Gasteiger partial charge in [0.2, 0.25) is 0 Å². The summed E-state index contributed by atoms with van der Waals surface area (Å²) < 4.78 is 10.7. The Morgan fingerprint density at radius 1 is 1.43 bits per heavy atom. The van der Waals surface area contributed by atoms with E-state index in [4.69, 9.17) is 9.47 Å². The first-order chi connectivity index (χ1) is 10.8. The van der Waals surface area contributed by atoms with Gasteiger partial charge in [-0.05, 0) is 51.5 Å². The molecule has 1 heterocycles. The molecule has 122 valence electrons. The van der Waals surface area contributed by atoms with Gasteiger partial charge in [0, 0.05) is 7.05 Å². The fourth-order valence-corrected chi connectivity index (χ4v) is 3.19. The van der Waals surface area contributed by atoms with Crippen LogP contribution in [0.1, 0.15) is 5.56 Å². The first-order valence-electron chi connectivity index (χ1n) is 6.25. The summed E-state index contributed by atoms with van der Waals surface area (Å²) in [6, 6.07) is 3.19. The number of imide groups is 1. The van der Waals surface area contributed by atoms with Gasteiger partial charge in [-0.1, -0.05) is 0 Å². The Hall–Kier alpha value is -2.00. The summed E-state index contributed by atoms with van der Waals surface area (Å²) in [5, 5.41) is 10.2. The van der Waals surface area contributed by atoms with Crippen LogP contribution in [0.5, 0.6) is 11.5 Å². The zero-order chi connectivity index (χ0) is 17.1. The minimum atomic E-state index is -1.36. The van der Waals surface area contributed by atoms with Crippen LogP contribution in [0.3, 0.4) is 0 Å². The summed E-state index contributed by atoms with van der Waals surface area (Å²) in [5.74, 6) is -1.26. The summed E-state index contributed by atoms with van der Waals surface area (Å²) in [6.45, 7) is -0.622. The number of ether oxygens (including phenoxy) is 2. The Balaban J connectivity index is 2.35. The second kappa shape index (κ2) is 7.05. The number of carbonyl (C=O) groups is 3. The van der Waals surface area contributed by atoms with Crippen molar-refractivity contribution >= 4 is 50.9 Å². The van der Waals surface area contributed by atoms with Crippen molar-refractivity contribution < 1.29 is 29.0 Å². The molecule has 1 saturated heterocycles. The van der Waals surface area contributed by atoms with Gasteiger partial charge in [0.1, 0.15) is 6.61 Å². The first kappa shape index (κ1) is 17.4. The molecule has 0 spiro atoms. The number of halogens is 1. The van der Waals surface area contributed by atoms with E-state index in [1.807, 2.05) is 0 Å². The molecule has 0 radical (unpaired) electrons. The van der Waals surface area contributed by atoms with Gasteiger partial charge in [-0.2, -0.15) is 0 Å². The van der Waals surface area contributed by atoms with Crippen molar-refractivity contribution in [1.82, 2.24) is 4.90 Å². The number of carboxylic acids is 1. The maximum Gasteiger partial charge on any atom is 0.293 e. The fraction of sp³-hybridized carbons (Fsp3) is 0.214. The lowest BCUT2D eigenvalue weighted by Gasteiger charge is -2.14. The number of nitrogens with zero attached hydrogens (tertiary/aromatic N) is 1. The van der Waals surface area contributed by atoms with Crippen LogP contribution in [-0.4, -0.2) is 42.8 Å². The maximum atomic E-state index is 11.9. The molecule has 1 aliphatic rings. The van der Waals surface area contributed by atoms with Crippen LogP contribution in [0, 0.1) is 0 Å². The van der Waals surface area contributed by atoms with E-state index in [1.165, 1.54) is 14.2 Å². The summed E-state index contributed by atoms with van der Waals surface area (Å²) in [7, 11) is 2.81. The molecule has 0 unspecified atom stereocenters. The highest BCUT2D eigenvalue weighted by atomic mass is 79.9. The van der Waals surface area contributed by atoms with E-state index in [1.54, 1.807) is 18.2 Å². The van der Waals surface area contributed by atoms with Gasteiger partial charge in [-0.25, -0.2) is 0 Å². The highest BCUT2D eigenvalue weighted by molar-refractivity contribution is 9.10. The number of benzene rings is 1. The summed E-state index contributed by atoms with van der Waals surface area (Å²) in [6.07, 6.45) is 1.55. The Morgan fingerprint density at radius 2 is 2.13 bits per heavy atom. The zero-order valence-corrected chi connectivity index (χ0v) is 14.5. The average molecular weight is 401 g/mol. The Labute approximate surface area is 144 Å². The number of likely N-dealkylation sites (N-methyl/N-ethyl adjacent to an activating group) is 1. The molecule has 1 aliphatic heterocycles. The van der Waals surface area contributed by atoms with Crippen LogP contribution in [0.15, 0.2) is 21.5 Å². The van der Waals surface area contributed by atoms with Crippen LogP contribution in [0.25, 0.3) is 6.08 Å². The van der Waals surface area contributed by atoms with Crippen LogP contribution in [0.4, 0.5) is 4.79 Å². The van der Waals surface area contributed by atoms with Crippen LogP contribution >= 0.6 is 27.7 Å². The van der Waals surface area contributed by atoms with E-state index in [0.717, 1.165) is 16.7 Å². The predicted octanol–water partition coefficient (Wildman–Crippen LogP) is 1.25. The van der Waals surface area contributed by atoms with Gasteiger partial charge in [-0.3, -0.25) is 14.5 Å². The van der Waals surface area contributed by atoms with Crippen molar-refractivity contribution in [2.75, 3.05) is 20.8 Å². The third-order valence-corrected chi connectivity index (χ3v) is 4.42. The van der Waals surface area contributed by atoms with E-state index in [-0.39, 0.29) is 27.6 Å². The highest BCUT2D eigenvalue weighted by Crippen LogP contribution is 2.38. The van der Waals surface area contributed by atoms with Crippen molar-refractivity contribution in [1.29, 1.82) is 0 Å². The van der Waals surface area contributed by atoms with Crippen LogP contribution in [0.2, 0.25) is 0 Å². The minimum absolute atomic E-state index is 0.206. The normalized spacial score (nSPS) is 16.1. The quantitative estimate of drug-likeness (QED) is 0.686. The second-order valence-corrected chi connectivity index (χ2v) is 6.28. The molecule has 0 saturated carbocycles. The van der Waals surface area contributed by atoms with E-state index in [2.05, 4.69) is 15.9 Å². The van der Waals surface area contributed by atoms with Gasteiger partial charge in [0.25, 0.3) is 11.1 Å². The second-order valence-electron chi connectivity index (χ2n) is 4.44.